The predicted molar refractivity (Wildman–Crippen MR) is 119 cm³/mol. The van der Waals surface area contributed by atoms with E-state index in [0.29, 0.717) is 28.4 Å². The van der Waals surface area contributed by atoms with Gasteiger partial charge in [-0.3, -0.25) is 15.0 Å². The summed E-state index contributed by atoms with van der Waals surface area (Å²) in [6.45, 7) is 3.98. The Morgan fingerprint density at radius 3 is 2.75 bits per heavy atom. The lowest BCUT2D eigenvalue weighted by Gasteiger charge is -2.15. The quantitative estimate of drug-likeness (QED) is 0.377. The number of benzene rings is 2. The van der Waals surface area contributed by atoms with Crippen LogP contribution in [0.25, 0.3) is 6.08 Å². The number of hydrazine groups is 1. The summed E-state index contributed by atoms with van der Waals surface area (Å²) in [5, 5.41) is 1.09. The Balaban J connectivity index is 1.82. The third-order valence-corrected chi connectivity index (χ3v) is 5.45. The number of hydrogen-bond acceptors (Lipinski definition) is 5. The number of amides is 2. The molecule has 2 aromatic rings. The van der Waals surface area contributed by atoms with Gasteiger partial charge in [0.2, 0.25) is 0 Å². The molecule has 0 spiro atoms. The lowest BCUT2D eigenvalue weighted by atomic mass is 10.2. The molecule has 1 aliphatic rings. The molecule has 8 heteroatoms. The highest BCUT2D eigenvalue weighted by molar-refractivity contribution is 9.10. The second kappa shape index (κ2) is 9.18. The summed E-state index contributed by atoms with van der Waals surface area (Å²) < 4.78 is 6.74. The molecule has 1 saturated heterocycles. The summed E-state index contributed by atoms with van der Waals surface area (Å²) in [6, 6.07) is 14.1. The SMILES string of the molecule is C=CCOc1ccc(Br)cc1C=C1SC(=S)N(NC(=O)c2ccccc2)C1=O. The fourth-order valence-electron chi connectivity index (χ4n) is 2.37. The molecule has 3 rings (SSSR count). The van der Waals surface area contributed by atoms with Gasteiger partial charge in [-0.25, -0.2) is 0 Å². The van der Waals surface area contributed by atoms with Crippen molar-refractivity contribution >= 4 is 62.1 Å². The van der Waals surface area contributed by atoms with E-state index in [4.69, 9.17) is 17.0 Å². The fourth-order valence-corrected chi connectivity index (χ4v) is 3.92. The van der Waals surface area contributed by atoms with Gasteiger partial charge in [0.15, 0.2) is 4.32 Å². The predicted octanol–water partition coefficient (Wildman–Crippen LogP) is 4.56. The molecule has 0 saturated carbocycles. The lowest BCUT2D eigenvalue weighted by Crippen LogP contribution is -2.44. The molecule has 1 fully saturated rings. The number of ether oxygens (including phenoxy) is 1. The van der Waals surface area contributed by atoms with Gasteiger partial charge < -0.3 is 4.74 Å². The molecule has 0 aromatic heterocycles. The second-order valence-corrected chi connectivity index (χ2v) is 8.20. The summed E-state index contributed by atoms with van der Waals surface area (Å²) in [5.41, 5.74) is 3.71. The first-order valence-corrected chi connectivity index (χ1v) is 10.2. The van der Waals surface area contributed by atoms with Crippen LogP contribution in [0.15, 0.2) is 70.6 Å². The van der Waals surface area contributed by atoms with Gasteiger partial charge in [-0.1, -0.05) is 58.5 Å². The number of nitrogens with one attached hydrogen (secondary N) is 1. The first-order chi connectivity index (χ1) is 13.5. The number of halogens is 1. The fraction of sp³-hybridized carbons (Fsp3) is 0.0500. The van der Waals surface area contributed by atoms with Crippen LogP contribution in [0.4, 0.5) is 0 Å². The van der Waals surface area contributed by atoms with Crippen LogP contribution in [-0.2, 0) is 4.79 Å². The molecule has 5 nitrogen and oxygen atoms in total. The van der Waals surface area contributed by atoms with E-state index in [9.17, 15) is 9.59 Å². The minimum absolute atomic E-state index is 0.254. The molecule has 2 aromatic carbocycles. The van der Waals surface area contributed by atoms with Crippen molar-refractivity contribution in [3.63, 3.8) is 0 Å². The van der Waals surface area contributed by atoms with E-state index in [1.165, 1.54) is 0 Å². The molecule has 0 aliphatic carbocycles. The molecule has 142 valence electrons. The van der Waals surface area contributed by atoms with Crippen molar-refractivity contribution in [3.8, 4) is 5.75 Å². The Labute approximate surface area is 180 Å². The van der Waals surface area contributed by atoms with Crippen LogP contribution in [0.3, 0.4) is 0 Å². The molecule has 0 unspecified atom stereocenters. The van der Waals surface area contributed by atoms with Crippen molar-refractivity contribution in [2.75, 3.05) is 6.61 Å². The Hall–Kier alpha value is -2.42. The standard InChI is InChI=1S/C20H15BrN2O3S2/c1-2-10-26-16-9-8-15(21)11-14(16)12-17-19(25)23(20(27)28-17)22-18(24)13-6-4-3-5-7-13/h2-9,11-12H,1,10H2,(H,22,24). The minimum Gasteiger partial charge on any atom is -0.489 e. The highest BCUT2D eigenvalue weighted by atomic mass is 79.9. The van der Waals surface area contributed by atoms with Gasteiger partial charge in [0.1, 0.15) is 12.4 Å². The second-order valence-electron chi connectivity index (χ2n) is 5.61. The third kappa shape index (κ3) is 4.70. The van der Waals surface area contributed by atoms with Crippen LogP contribution in [0.1, 0.15) is 15.9 Å². The number of nitrogens with zero attached hydrogens (tertiary/aromatic N) is 1. The van der Waals surface area contributed by atoms with Crippen LogP contribution in [0.2, 0.25) is 0 Å². The van der Waals surface area contributed by atoms with Crippen LogP contribution in [0, 0.1) is 0 Å². The zero-order chi connectivity index (χ0) is 20.1. The van der Waals surface area contributed by atoms with Gasteiger partial charge in [-0.2, -0.15) is 5.01 Å². The third-order valence-electron chi connectivity index (χ3n) is 3.66. The maximum atomic E-state index is 12.8. The van der Waals surface area contributed by atoms with Crippen LogP contribution < -0.4 is 10.2 Å². The summed E-state index contributed by atoms with van der Waals surface area (Å²) in [5.74, 6) is -0.189. The summed E-state index contributed by atoms with van der Waals surface area (Å²) in [4.78, 5) is 25.5. The van der Waals surface area contributed by atoms with Gasteiger partial charge in [-0.15, -0.1) is 0 Å². The Kier molecular flexibility index (Phi) is 6.66. The lowest BCUT2D eigenvalue weighted by molar-refractivity contribution is -0.123. The molecule has 0 bridgehead atoms. The number of thioether (sulfide) groups is 1. The highest BCUT2D eigenvalue weighted by Crippen LogP contribution is 2.34. The van der Waals surface area contributed by atoms with Crippen molar-refractivity contribution in [2.24, 2.45) is 0 Å². The number of thiocarbonyl (C=S) groups is 1. The number of hydrogen-bond donors (Lipinski definition) is 1. The molecular weight excluding hydrogens is 460 g/mol. The highest BCUT2D eigenvalue weighted by Gasteiger charge is 2.34. The molecule has 1 N–H and O–H groups in total. The summed E-state index contributed by atoms with van der Waals surface area (Å²) in [7, 11) is 0. The van der Waals surface area contributed by atoms with E-state index < -0.39 is 11.8 Å². The monoisotopic (exact) mass is 474 g/mol. The van der Waals surface area contributed by atoms with Crippen molar-refractivity contribution in [1.82, 2.24) is 10.4 Å². The minimum atomic E-state index is -0.407. The normalized spacial score (nSPS) is 15.0. The Morgan fingerprint density at radius 1 is 1.29 bits per heavy atom. The average molecular weight is 475 g/mol. The average Bonchev–Trinajstić information content (AvgIpc) is 2.95. The van der Waals surface area contributed by atoms with Gasteiger partial charge >= 0.3 is 0 Å². The van der Waals surface area contributed by atoms with Crippen molar-refractivity contribution in [2.45, 2.75) is 0 Å². The van der Waals surface area contributed by atoms with Crippen LogP contribution in [0.5, 0.6) is 5.75 Å². The van der Waals surface area contributed by atoms with E-state index in [-0.39, 0.29) is 4.32 Å². The molecule has 2 amide bonds. The van der Waals surface area contributed by atoms with Gasteiger partial charge in [-0.05, 0) is 48.6 Å². The molecule has 1 heterocycles. The largest absolute Gasteiger partial charge is 0.489 e. The number of rotatable bonds is 6. The number of carbonyl (C=O) groups is 2. The topological polar surface area (TPSA) is 58.6 Å². The van der Waals surface area contributed by atoms with E-state index in [2.05, 4.69) is 27.9 Å². The summed E-state index contributed by atoms with van der Waals surface area (Å²) in [6.07, 6.45) is 3.33. The molecule has 28 heavy (non-hydrogen) atoms. The molecule has 0 atom stereocenters. The zero-order valence-corrected chi connectivity index (χ0v) is 17.8. The van der Waals surface area contributed by atoms with Crippen LogP contribution >= 0.6 is 39.9 Å². The van der Waals surface area contributed by atoms with E-state index in [0.717, 1.165) is 21.2 Å². The van der Waals surface area contributed by atoms with Crippen molar-refractivity contribution in [1.29, 1.82) is 0 Å². The van der Waals surface area contributed by atoms with E-state index >= 15 is 0 Å². The van der Waals surface area contributed by atoms with E-state index in [1.807, 2.05) is 18.2 Å². The van der Waals surface area contributed by atoms with Crippen molar-refractivity contribution < 1.29 is 14.3 Å². The van der Waals surface area contributed by atoms with Crippen molar-refractivity contribution in [3.05, 3.63) is 81.7 Å². The maximum Gasteiger partial charge on any atom is 0.285 e. The van der Waals surface area contributed by atoms with E-state index in [1.54, 1.807) is 42.5 Å². The first kappa shape index (κ1) is 20.3. The Bertz CT molecular complexity index is 977. The molecule has 0 radical (unpaired) electrons. The number of carbonyl (C=O) groups excluding carboxylic acids is 2. The van der Waals surface area contributed by atoms with Gasteiger partial charge in [0, 0.05) is 15.6 Å². The summed E-state index contributed by atoms with van der Waals surface area (Å²) >= 11 is 9.80. The first-order valence-electron chi connectivity index (χ1n) is 8.17. The van der Waals surface area contributed by atoms with Crippen LogP contribution in [-0.4, -0.2) is 27.8 Å². The molecular formula is C20H15BrN2O3S2. The van der Waals surface area contributed by atoms with Gasteiger partial charge in [0.05, 0.1) is 4.91 Å². The van der Waals surface area contributed by atoms with Gasteiger partial charge in [0.25, 0.3) is 11.8 Å². The zero-order valence-electron chi connectivity index (χ0n) is 14.6. The maximum absolute atomic E-state index is 12.8. The molecule has 1 aliphatic heterocycles. The smallest absolute Gasteiger partial charge is 0.285 e. The Morgan fingerprint density at radius 2 is 2.04 bits per heavy atom.